The summed E-state index contributed by atoms with van der Waals surface area (Å²) in [6.45, 7) is 0. The van der Waals surface area contributed by atoms with Crippen LogP contribution < -0.4 is 11.1 Å². The third-order valence-electron chi connectivity index (χ3n) is 2.13. The van der Waals surface area contributed by atoms with E-state index in [1.165, 1.54) is 0 Å². The smallest absolute Gasteiger partial charge is 0.266 e. The lowest BCUT2D eigenvalue weighted by atomic mass is 10.1. The van der Waals surface area contributed by atoms with Crippen LogP contribution in [0.15, 0.2) is 47.1 Å². The Hall–Kier alpha value is -1.84. The van der Waals surface area contributed by atoms with Crippen molar-refractivity contribution in [2.45, 2.75) is 12.8 Å². The molecular weight excluding hydrogens is 193 g/mol. The lowest BCUT2D eigenvalue weighted by Gasteiger charge is -2.16. The number of benzene rings is 1. The van der Waals surface area contributed by atoms with Crippen molar-refractivity contribution in [2.75, 3.05) is 0 Å². The van der Waals surface area contributed by atoms with Crippen molar-refractivity contribution in [3.8, 4) is 0 Å². The highest BCUT2D eigenvalue weighted by Crippen LogP contribution is 2.09. The van der Waals surface area contributed by atoms with Crippen LogP contribution in [0.1, 0.15) is 5.56 Å². The number of halogens is 1. The van der Waals surface area contributed by atoms with E-state index in [1.54, 1.807) is 6.08 Å². The Bertz CT molecular complexity index is 398. The Labute approximate surface area is 87.5 Å². The van der Waals surface area contributed by atoms with E-state index in [4.69, 9.17) is 5.73 Å². The van der Waals surface area contributed by atoms with Gasteiger partial charge in [-0.05, 0) is 11.6 Å². The third kappa shape index (κ3) is 2.56. The van der Waals surface area contributed by atoms with Gasteiger partial charge in [-0.3, -0.25) is 0 Å². The first kappa shape index (κ1) is 9.71. The minimum absolute atomic E-state index is 0.229. The molecule has 1 heterocycles. The zero-order valence-corrected chi connectivity index (χ0v) is 8.15. The van der Waals surface area contributed by atoms with E-state index < -0.39 is 6.42 Å². The normalized spacial score (nSPS) is 20.2. The molecule has 0 saturated carbocycles. The highest BCUT2D eigenvalue weighted by molar-refractivity contribution is 5.92. The van der Waals surface area contributed by atoms with Crippen molar-refractivity contribution >= 4 is 5.84 Å². The first-order chi connectivity index (χ1) is 7.24. The molecule has 4 heteroatoms. The molecule has 3 N–H and O–H groups in total. The number of hydrogen-bond acceptors (Lipinski definition) is 3. The number of nitrogens with two attached hydrogens (primary N) is 1. The molecule has 0 aromatic heterocycles. The molecule has 15 heavy (non-hydrogen) atoms. The molecule has 1 unspecified atom stereocenters. The summed E-state index contributed by atoms with van der Waals surface area (Å²) in [5.74, 6) is 0.229. The summed E-state index contributed by atoms with van der Waals surface area (Å²) >= 11 is 0. The molecule has 0 fully saturated rings. The Morgan fingerprint density at radius 1 is 1.33 bits per heavy atom. The molecule has 1 aliphatic heterocycles. The summed E-state index contributed by atoms with van der Waals surface area (Å²) in [5.41, 5.74) is 7.32. The fourth-order valence-corrected chi connectivity index (χ4v) is 1.49. The minimum atomic E-state index is -1.42. The maximum Gasteiger partial charge on any atom is 0.266 e. The number of hydrogen-bond donors (Lipinski definition) is 2. The molecule has 0 saturated heterocycles. The van der Waals surface area contributed by atoms with Crippen molar-refractivity contribution in [2.24, 2.45) is 10.7 Å². The zero-order chi connectivity index (χ0) is 10.7. The minimum Gasteiger partial charge on any atom is -0.384 e. The van der Waals surface area contributed by atoms with Crippen molar-refractivity contribution in [1.82, 2.24) is 5.32 Å². The van der Waals surface area contributed by atoms with Crippen molar-refractivity contribution in [3.05, 3.63) is 47.7 Å². The molecule has 0 amide bonds. The van der Waals surface area contributed by atoms with Gasteiger partial charge in [0, 0.05) is 12.1 Å². The van der Waals surface area contributed by atoms with Crippen LogP contribution in [0.4, 0.5) is 4.39 Å². The second kappa shape index (κ2) is 4.13. The quantitative estimate of drug-likeness (QED) is 0.715. The first-order valence-electron chi connectivity index (χ1n) is 4.72. The van der Waals surface area contributed by atoms with Gasteiger partial charge < -0.3 is 11.1 Å². The van der Waals surface area contributed by atoms with Crippen LogP contribution in [0.2, 0.25) is 0 Å². The van der Waals surface area contributed by atoms with Crippen molar-refractivity contribution in [1.29, 1.82) is 0 Å². The Balaban J connectivity index is 2.11. The van der Waals surface area contributed by atoms with E-state index >= 15 is 0 Å². The summed E-state index contributed by atoms with van der Waals surface area (Å²) < 4.78 is 13.0. The third-order valence-corrected chi connectivity index (χ3v) is 2.13. The van der Waals surface area contributed by atoms with Gasteiger partial charge in [-0.1, -0.05) is 30.3 Å². The van der Waals surface area contributed by atoms with E-state index in [1.807, 2.05) is 30.3 Å². The van der Waals surface area contributed by atoms with Gasteiger partial charge in [-0.25, -0.2) is 4.99 Å². The number of aliphatic imine (C=N–C) groups is 1. The topological polar surface area (TPSA) is 50.4 Å². The predicted octanol–water partition coefficient (Wildman–Crippen LogP) is 1.33. The zero-order valence-electron chi connectivity index (χ0n) is 8.15. The molecular formula is C11H12FN3. The SMILES string of the molecule is NC1=NC(F)NC(Cc2ccccc2)=C1. The Kier molecular flexibility index (Phi) is 2.67. The molecule has 3 nitrogen and oxygen atoms in total. The van der Waals surface area contributed by atoms with Gasteiger partial charge in [0.25, 0.3) is 6.42 Å². The summed E-state index contributed by atoms with van der Waals surface area (Å²) in [5, 5.41) is 2.62. The molecule has 2 rings (SSSR count). The maximum atomic E-state index is 13.0. The average molecular weight is 205 g/mol. The van der Waals surface area contributed by atoms with Crippen LogP contribution in [0.5, 0.6) is 0 Å². The van der Waals surface area contributed by atoms with E-state index in [9.17, 15) is 4.39 Å². The number of nitrogens with one attached hydrogen (secondary N) is 1. The molecule has 1 atom stereocenters. The van der Waals surface area contributed by atoms with Gasteiger partial charge in [-0.15, -0.1) is 0 Å². The lowest BCUT2D eigenvalue weighted by molar-refractivity contribution is 0.302. The highest BCUT2D eigenvalue weighted by atomic mass is 19.1. The molecule has 0 radical (unpaired) electrons. The number of amidine groups is 1. The fourth-order valence-electron chi connectivity index (χ4n) is 1.49. The first-order valence-corrected chi connectivity index (χ1v) is 4.72. The van der Waals surface area contributed by atoms with Crippen LogP contribution in [-0.4, -0.2) is 12.3 Å². The molecule has 1 aromatic carbocycles. The summed E-state index contributed by atoms with van der Waals surface area (Å²) in [4.78, 5) is 3.51. The van der Waals surface area contributed by atoms with Gasteiger partial charge in [0.1, 0.15) is 5.84 Å². The second-order valence-corrected chi connectivity index (χ2v) is 3.37. The Morgan fingerprint density at radius 2 is 2.07 bits per heavy atom. The number of allylic oxidation sites excluding steroid dienone is 1. The highest BCUT2D eigenvalue weighted by Gasteiger charge is 2.12. The van der Waals surface area contributed by atoms with Crippen LogP contribution in [0.3, 0.4) is 0 Å². The van der Waals surface area contributed by atoms with E-state index in [2.05, 4.69) is 10.3 Å². The standard InChI is InChI=1S/C11H12FN3/c12-11-14-9(7-10(13)15-11)6-8-4-2-1-3-5-8/h1-5,7,11,14H,6H2,(H2,13,15). The summed E-state index contributed by atoms with van der Waals surface area (Å²) in [7, 11) is 0. The van der Waals surface area contributed by atoms with Crippen LogP contribution >= 0.6 is 0 Å². The second-order valence-electron chi connectivity index (χ2n) is 3.37. The van der Waals surface area contributed by atoms with Crippen LogP contribution in [0, 0.1) is 0 Å². The van der Waals surface area contributed by atoms with Gasteiger partial charge in [-0.2, -0.15) is 4.39 Å². The van der Waals surface area contributed by atoms with Crippen LogP contribution in [0.25, 0.3) is 0 Å². The Morgan fingerprint density at radius 3 is 2.73 bits per heavy atom. The number of nitrogens with zero attached hydrogens (tertiary/aromatic N) is 1. The average Bonchev–Trinajstić information content (AvgIpc) is 2.17. The molecule has 1 aliphatic rings. The van der Waals surface area contributed by atoms with E-state index in [0.717, 1.165) is 11.3 Å². The largest absolute Gasteiger partial charge is 0.384 e. The van der Waals surface area contributed by atoms with Gasteiger partial charge in [0.05, 0.1) is 0 Å². The number of rotatable bonds is 2. The monoisotopic (exact) mass is 205 g/mol. The van der Waals surface area contributed by atoms with E-state index in [0.29, 0.717) is 6.42 Å². The molecule has 0 spiro atoms. The predicted molar refractivity (Wildman–Crippen MR) is 57.9 cm³/mol. The van der Waals surface area contributed by atoms with Crippen molar-refractivity contribution in [3.63, 3.8) is 0 Å². The molecule has 1 aromatic rings. The summed E-state index contributed by atoms with van der Waals surface area (Å²) in [6.07, 6.45) is 0.870. The maximum absolute atomic E-state index is 13.0. The molecule has 78 valence electrons. The van der Waals surface area contributed by atoms with E-state index in [-0.39, 0.29) is 5.84 Å². The van der Waals surface area contributed by atoms with Gasteiger partial charge >= 0.3 is 0 Å². The van der Waals surface area contributed by atoms with Crippen LogP contribution in [-0.2, 0) is 6.42 Å². The number of alkyl halides is 1. The summed E-state index contributed by atoms with van der Waals surface area (Å²) in [6, 6.07) is 9.81. The van der Waals surface area contributed by atoms with Gasteiger partial charge in [0.15, 0.2) is 0 Å². The van der Waals surface area contributed by atoms with Gasteiger partial charge in [0.2, 0.25) is 0 Å². The lowest BCUT2D eigenvalue weighted by Crippen LogP contribution is -2.31. The van der Waals surface area contributed by atoms with Crippen molar-refractivity contribution < 1.29 is 4.39 Å². The molecule has 0 aliphatic carbocycles. The molecule has 0 bridgehead atoms. The fraction of sp³-hybridized carbons (Fsp3) is 0.182.